The average Bonchev–Trinajstić information content (AvgIpc) is 2.28. The molecule has 0 saturated carbocycles. The SMILES string of the molecule is CCC(C)N1CCCCC(=O)C1. The maximum absolute atomic E-state index is 11.3. The highest BCUT2D eigenvalue weighted by Gasteiger charge is 2.18. The number of hydrogen-bond donors (Lipinski definition) is 0. The molecule has 1 saturated heterocycles. The van der Waals surface area contributed by atoms with Crippen LogP contribution in [0, 0.1) is 0 Å². The maximum Gasteiger partial charge on any atom is 0.146 e. The fraction of sp³-hybridized carbons (Fsp3) is 0.900. The molecule has 2 nitrogen and oxygen atoms in total. The quantitative estimate of drug-likeness (QED) is 0.628. The molecule has 1 heterocycles. The monoisotopic (exact) mass is 169 g/mol. The molecule has 1 unspecified atom stereocenters. The van der Waals surface area contributed by atoms with Crippen LogP contribution in [0.4, 0.5) is 0 Å². The normalized spacial score (nSPS) is 23.7. The molecular weight excluding hydrogens is 150 g/mol. The number of carbonyl (C=O) groups is 1. The van der Waals surface area contributed by atoms with Gasteiger partial charge in [0.15, 0.2) is 0 Å². The van der Waals surface area contributed by atoms with Crippen molar-refractivity contribution in [3.05, 3.63) is 0 Å². The standard InChI is InChI=1S/C10H19NO/c1-3-9(2)11-7-5-4-6-10(12)8-11/h9H,3-8H2,1-2H3. The van der Waals surface area contributed by atoms with Gasteiger partial charge in [-0.2, -0.15) is 0 Å². The van der Waals surface area contributed by atoms with Crippen LogP contribution in [0.5, 0.6) is 0 Å². The molecule has 1 rings (SSSR count). The third kappa shape index (κ3) is 2.59. The van der Waals surface area contributed by atoms with E-state index in [0.29, 0.717) is 18.4 Å². The van der Waals surface area contributed by atoms with Gasteiger partial charge in [-0.15, -0.1) is 0 Å². The van der Waals surface area contributed by atoms with Gasteiger partial charge in [0.1, 0.15) is 5.78 Å². The first-order valence-corrected chi connectivity index (χ1v) is 4.99. The van der Waals surface area contributed by atoms with Gasteiger partial charge >= 0.3 is 0 Å². The van der Waals surface area contributed by atoms with Gasteiger partial charge in [0.2, 0.25) is 0 Å². The van der Waals surface area contributed by atoms with Crippen LogP contribution in [-0.2, 0) is 4.79 Å². The molecule has 0 spiro atoms. The highest BCUT2D eigenvalue weighted by Crippen LogP contribution is 2.11. The van der Waals surface area contributed by atoms with Crippen molar-refractivity contribution >= 4 is 5.78 Å². The predicted octanol–water partition coefficient (Wildman–Crippen LogP) is 1.84. The Bertz CT molecular complexity index is 156. The number of ketones is 1. The predicted molar refractivity (Wildman–Crippen MR) is 50.2 cm³/mol. The first-order valence-electron chi connectivity index (χ1n) is 4.99. The highest BCUT2D eigenvalue weighted by atomic mass is 16.1. The van der Waals surface area contributed by atoms with Gasteiger partial charge in [-0.3, -0.25) is 9.69 Å². The third-order valence-corrected chi connectivity index (χ3v) is 2.74. The number of likely N-dealkylation sites (tertiary alicyclic amines) is 1. The van der Waals surface area contributed by atoms with Gasteiger partial charge in [-0.25, -0.2) is 0 Å². The highest BCUT2D eigenvalue weighted by molar-refractivity contribution is 5.80. The lowest BCUT2D eigenvalue weighted by Gasteiger charge is -2.25. The molecule has 1 aliphatic rings. The smallest absolute Gasteiger partial charge is 0.146 e. The first-order chi connectivity index (χ1) is 5.74. The minimum absolute atomic E-state index is 0.424. The molecule has 0 amide bonds. The second-order valence-electron chi connectivity index (χ2n) is 3.72. The Morgan fingerprint density at radius 2 is 2.25 bits per heavy atom. The molecule has 0 N–H and O–H groups in total. The van der Waals surface area contributed by atoms with E-state index in [9.17, 15) is 4.79 Å². The fourth-order valence-corrected chi connectivity index (χ4v) is 1.66. The zero-order valence-corrected chi connectivity index (χ0v) is 8.18. The van der Waals surface area contributed by atoms with Crippen LogP contribution in [0.3, 0.4) is 0 Å². The van der Waals surface area contributed by atoms with Crippen molar-refractivity contribution in [3.8, 4) is 0 Å². The number of rotatable bonds is 2. The second kappa shape index (κ2) is 4.61. The Balaban J connectivity index is 2.46. The van der Waals surface area contributed by atoms with Gasteiger partial charge in [-0.1, -0.05) is 6.92 Å². The lowest BCUT2D eigenvalue weighted by Crippen LogP contribution is -2.36. The minimum atomic E-state index is 0.424. The first kappa shape index (κ1) is 9.72. The molecular formula is C10H19NO. The second-order valence-corrected chi connectivity index (χ2v) is 3.72. The fourth-order valence-electron chi connectivity index (χ4n) is 1.66. The molecule has 0 aromatic carbocycles. The van der Waals surface area contributed by atoms with E-state index in [0.717, 1.165) is 25.8 Å². The summed E-state index contributed by atoms with van der Waals surface area (Å²) in [7, 11) is 0. The third-order valence-electron chi connectivity index (χ3n) is 2.74. The Hall–Kier alpha value is -0.370. The molecule has 0 radical (unpaired) electrons. The van der Waals surface area contributed by atoms with Gasteiger partial charge in [-0.05, 0) is 32.7 Å². The Kier molecular flexibility index (Phi) is 3.73. The van der Waals surface area contributed by atoms with E-state index in [4.69, 9.17) is 0 Å². The Morgan fingerprint density at radius 3 is 2.92 bits per heavy atom. The van der Waals surface area contributed by atoms with Crippen molar-refractivity contribution in [1.29, 1.82) is 0 Å². The van der Waals surface area contributed by atoms with Crippen LogP contribution < -0.4 is 0 Å². The topological polar surface area (TPSA) is 20.3 Å². The van der Waals surface area contributed by atoms with E-state index < -0.39 is 0 Å². The largest absolute Gasteiger partial charge is 0.298 e. The lowest BCUT2D eigenvalue weighted by atomic mass is 10.2. The van der Waals surface area contributed by atoms with Crippen LogP contribution in [0.25, 0.3) is 0 Å². The molecule has 1 aliphatic heterocycles. The Morgan fingerprint density at radius 1 is 1.50 bits per heavy atom. The van der Waals surface area contributed by atoms with E-state index in [2.05, 4.69) is 18.7 Å². The molecule has 2 heteroatoms. The molecule has 12 heavy (non-hydrogen) atoms. The van der Waals surface area contributed by atoms with Gasteiger partial charge in [0, 0.05) is 12.5 Å². The van der Waals surface area contributed by atoms with Crippen molar-refractivity contribution in [2.75, 3.05) is 13.1 Å². The van der Waals surface area contributed by atoms with Crippen molar-refractivity contribution in [2.45, 2.75) is 45.6 Å². The van der Waals surface area contributed by atoms with E-state index in [1.807, 2.05) is 0 Å². The zero-order chi connectivity index (χ0) is 8.97. The van der Waals surface area contributed by atoms with E-state index in [1.54, 1.807) is 0 Å². The van der Waals surface area contributed by atoms with Gasteiger partial charge in [0.25, 0.3) is 0 Å². The van der Waals surface area contributed by atoms with Crippen molar-refractivity contribution in [2.24, 2.45) is 0 Å². The van der Waals surface area contributed by atoms with Crippen LogP contribution in [0.15, 0.2) is 0 Å². The molecule has 0 aromatic rings. The van der Waals surface area contributed by atoms with Crippen molar-refractivity contribution in [1.82, 2.24) is 4.90 Å². The summed E-state index contributed by atoms with van der Waals surface area (Å²) in [5.74, 6) is 0.424. The minimum Gasteiger partial charge on any atom is -0.298 e. The maximum atomic E-state index is 11.3. The number of Topliss-reactive ketones (excluding diaryl/α,β-unsaturated/α-hetero) is 1. The summed E-state index contributed by atoms with van der Waals surface area (Å²) in [6.45, 7) is 6.19. The number of hydrogen-bond acceptors (Lipinski definition) is 2. The van der Waals surface area contributed by atoms with Crippen LogP contribution in [0.1, 0.15) is 39.5 Å². The van der Waals surface area contributed by atoms with Crippen molar-refractivity contribution in [3.63, 3.8) is 0 Å². The van der Waals surface area contributed by atoms with Crippen LogP contribution in [0.2, 0.25) is 0 Å². The summed E-state index contributed by atoms with van der Waals surface area (Å²) < 4.78 is 0. The van der Waals surface area contributed by atoms with E-state index in [1.165, 1.54) is 6.42 Å². The summed E-state index contributed by atoms with van der Waals surface area (Å²) in [6.07, 6.45) is 4.22. The van der Waals surface area contributed by atoms with Crippen LogP contribution >= 0.6 is 0 Å². The summed E-state index contributed by atoms with van der Waals surface area (Å²) in [4.78, 5) is 13.6. The number of nitrogens with zero attached hydrogens (tertiary/aromatic N) is 1. The van der Waals surface area contributed by atoms with E-state index in [-0.39, 0.29) is 0 Å². The van der Waals surface area contributed by atoms with Crippen LogP contribution in [-0.4, -0.2) is 29.8 Å². The van der Waals surface area contributed by atoms with Crippen molar-refractivity contribution < 1.29 is 4.79 Å². The molecule has 1 fully saturated rings. The zero-order valence-electron chi connectivity index (χ0n) is 8.18. The molecule has 0 aromatic heterocycles. The molecule has 1 atom stereocenters. The molecule has 0 aliphatic carbocycles. The summed E-state index contributed by atoms with van der Waals surface area (Å²) >= 11 is 0. The van der Waals surface area contributed by atoms with E-state index >= 15 is 0 Å². The summed E-state index contributed by atoms with van der Waals surface area (Å²) in [5, 5.41) is 0. The summed E-state index contributed by atoms with van der Waals surface area (Å²) in [6, 6.07) is 0.576. The molecule has 0 bridgehead atoms. The lowest BCUT2D eigenvalue weighted by molar-refractivity contribution is -0.120. The van der Waals surface area contributed by atoms with Gasteiger partial charge < -0.3 is 0 Å². The Labute approximate surface area is 74.9 Å². The summed E-state index contributed by atoms with van der Waals surface area (Å²) in [5.41, 5.74) is 0. The average molecular weight is 169 g/mol. The van der Waals surface area contributed by atoms with Gasteiger partial charge in [0.05, 0.1) is 6.54 Å². The molecule has 70 valence electrons. The number of carbonyl (C=O) groups excluding carboxylic acids is 1.